The highest BCUT2D eigenvalue weighted by atomic mass is 32.1. The fourth-order valence-corrected chi connectivity index (χ4v) is 6.14. The normalized spacial score (nSPS) is 13.9. The van der Waals surface area contributed by atoms with E-state index in [4.69, 9.17) is 5.11 Å². The molecular weight excluding hydrogens is 499 g/mol. The van der Waals surface area contributed by atoms with Gasteiger partial charge in [-0.1, -0.05) is 0 Å². The van der Waals surface area contributed by atoms with Crippen molar-refractivity contribution < 1.29 is 27.9 Å². The maximum absolute atomic E-state index is 13.1. The Hall–Kier alpha value is -3.18. The molecular formula is C24H20F3N3O3S2. The van der Waals surface area contributed by atoms with E-state index in [1.54, 1.807) is 23.2 Å². The number of rotatable bonds is 6. The van der Waals surface area contributed by atoms with E-state index in [-0.39, 0.29) is 23.7 Å². The highest BCUT2D eigenvalue weighted by Gasteiger charge is 2.33. The van der Waals surface area contributed by atoms with Gasteiger partial charge < -0.3 is 14.6 Å². The smallest absolute Gasteiger partial charge is 0.425 e. The molecule has 0 saturated heterocycles. The molecule has 0 spiro atoms. The predicted molar refractivity (Wildman–Crippen MR) is 127 cm³/mol. The van der Waals surface area contributed by atoms with Crippen molar-refractivity contribution in [2.45, 2.75) is 38.5 Å². The number of nitrogens with zero attached hydrogens (tertiary/aromatic N) is 3. The fraction of sp³-hybridized carbons (Fsp3) is 0.292. The lowest BCUT2D eigenvalue weighted by molar-refractivity contribution is -0.134. The van der Waals surface area contributed by atoms with Crippen molar-refractivity contribution in [2.75, 3.05) is 6.54 Å². The van der Waals surface area contributed by atoms with Crippen LogP contribution in [0, 0.1) is 0 Å². The van der Waals surface area contributed by atoms with Crippen LogP contribution in [-0.4, -0.2) is 38.0 Å². The van der Waals surface area contributed by atoms with E-state index >= 15 is 0 Å². The summed E-state index contributed by atoms with van der Waals surface area (Å²) in [6.07, 6.45) is -1.37. The molecule has 0 radical (unpaired) electrons. The lowest BCUT2D eigenvalue weighted by atomic mass is 10.0. The molecule has 182 valence electrons. The molecule has 4 aromatic rings. The lowest BCUT2D eigenvalue weighted by Gasteiger charge is -2.28. The first-order chi connectivity index (χ1) is 16.7. The van der Waals surface area contributed by atoms with E-state index in [1.807, 2.05) is 16.7 Å². The number of carboxylic acid groups (broad SMARTS) is 1. The molecule has 6 nitrogen and oxygen atoms in total. The SMILES string of the molecule is O=C(O)c1ccc(CCC(=O)N2CCc3c(n(Cc4ccc(C(F)(F)F)s4)c4ncccc34)C2)s1. The summed E-state index contributed by atoms with van der Waals surface area (Å²) >= 11 is 1.89. The second kappa shape index (κ2) is 9.12. The molecule has 0 saturated carbocycles. The van der Waals surface area contributed by atoms with Crippen LogP contribution < -0.4 is 0 Å². The molecule has 1 N–H and O–H groups in total. The molecule has 35 heavy (non-hydrogen) atoms. The summed E-state index contributed by atoms with van der Waals surface area (Å²) in [4.78, 5) is 31.3. The number of carboxylic acids is 1. The number of thiophene rings is 2. The van der Waals surface area contributed by atoms with Crippen LogP contribution in [0.3, 0.4) is 0 Å². The molecule has 0 bridgehead atoms. The van der Waals surface area contributed by atoms with E-state index in [0.29, 0.717) is 36.5 Å². The Bertz CT molecular complexity index is 1420. The van der Waals surface area contributed by atoms with Crippen LogP contribution in [0.15, 0.2) is 42.6 Å². The van der Waals surface area contributed by atoms with Crippen molar-refractivity contribution in [1.82, 2.24) is 14.5 Å². The number of halogens is 3. The molecule has 0 aliphatic carbocycles. The molecule has 1 aliphatic rings. The van der Waals surface area contributed by atoms with Crippen LogP contribution >= 0.6 is 22.7 Å². The number of aromatic nitrogens is 2. The van der Waals surface area contributed by atoms with Gasteiger partial charge in [-0.05, 0) is 54.8 Å². The summed E-state index contributed by atoms with van der Waals surface area (Å²) in [7, 11) is 0. The summed E-state index contributed by atoms with van der Waals surface area (Å²) in [6, 6.07) is 9.66. The molecule has 1 amide bonds. The average molecular weight is 520 g/mol. The van der Waals surface area contributed by atoms with Crippen molar-refractivity contribution in [3.8, 4) is 0 Å². The van der Waals surface area contributed by atoms with Crippen LogP contribution in [0.1, 0.15) is 42.0 Å². The van der Waals surface area contributed by atoms with Gasteiger partial charge in [-0.3, -0.25) is 4.79 Å². The zero-order chi connectivity index (χ0) is 24.7. The Balaban J connectivity index is 1.37. The molecule has 1 aliphatic heterocycles. The second-order valence-electron chi connectivity index (χ2n) is 8.29. The van der Waals surface area contributed by atoms with Gasteiger partial charge in [0.15, 0.2) is 0 Å². The molecule has 11 heteroatoms. The van der Waals surface area contributed by atoms with Gasteiger partial charge in [-0.15, -0.1) is 22.7 Å². The Morgan fingerprint density at radius 3 is 2.60 bits per heavy atom. The van der Waals surface area contributed by atoms with E-state index in [9.17, 15) is 22.8 Å². The number of alkyl halides is 3. The van der Waals surface area contributed by atoms with Crippen LogP contribution in [0.4, 0.5) is 13.2 Å². The largest absolute Gasteiger partial charge is 0.477 e. The zero-order valence-corrected chi connectivity index (χ0v) is 20.0. The third-order valence-electron chi connectivity index (χ3n) is 6.08. The van der Waals surface area contributed by atoms with Gasteiger partial charge in [0.25, 0.3) is 0 Å². The molecule has 5 rings (SSSR count). The van der Waals surface area contributed by atoms with Gasteiger partial charge in [0.1, 0.15) is 15.4 Å². The van der Waals surface area contributed by atoms with E-state index in [2.05, 4.69) is 4.98 Å². The van der Waals surface area contributed by atoms with Gasteiger partial charge in [-0.25, -0.2) is 9.78 Å². The molecule has 5 heterocycles. The minimum Gasteiger partial charge on any atom is -0.477 e. The number of aromatic carboxylic acids is 1. The first-order valence-corrected chi connectivity index (χ1v) is 12.5. The topological polar surface area (TPSA) is 75.4 Å². The summed E-state index contributed by atoms with van der Waals surface area (Å²) in [5.41, 5.74) is 2.67. The molecule has 0 aromatic carbocycles. The Morgan fingerprint density at radius 2 is 1.89 bits per heavy atom. The van der Waals surface area contributed by atoms with E-state index in [0.717, 1.165) is 38.9 Å². The van der Waals surface area contributed by atoms with Crippen LogP contribution in [0.25, 0.3) is 11.0 Å². The first kappa shape index (κ1) is 23.6. The number of amides is 1. The number of aryl methyl sites for hydroxylation is 1. The van der Waals surface area contributed by atoms with E-state index < -0.39 is 17.0 Å². The quantitative estimate of drug-likeness (QED) is 0.368. The van der Waals surface area contributed by atoms with E-state index in [1.165, 1.54) is 17.4 Å². The molecule has 4 aromatic heterocycles. The van der Waals surface area contributed by atoms with Gasteiger partial charge in [-0.2, -0.15) is 13.2 Å². The number of carbonyl (C=O) groups excluding carboxylic acids is 1. The highest BCUT2D eigenvalue weighted by molar-refractivity contribution is 7.13. The summed E-state index contributed by atoms with van der Waals surface area (Å²) in [5.74, 6) is -1.02. The third-order valence-corrected chi connectivity index (χ3v) is 8.33. The molecule has 0 unspecified atom stereocenters. The number of hydrogen-bond donors (Lipinski definition) is 1. The summed E-state index contributed by atoms with van der Waals surface area (Å²) < 4.78 is 41.2. The number of fused-ring (bicyclic) bond motifs is 3. The fourth-order valence-electron chi connectivity index (χ4n) is 4.43. The minimum absolute atomic E-state index is 0.0406. The van der Waals surface area contributed by atoms with Crippen molar-refractivity contribution in [3.05, 3.63) is 73.4 Å². The van der Waals surface area contributed by atoms with Gasteiger partial charge >= 0.3 is 12.1 Å². The van der Waals surface area contributed by atoms with Gasteiger partial charge in [0.2, 0.25) is 5.91 Å². The van der Waals surface area contributed by atoms with Crippen molar-refractivity contribution in [1.29, 1.82) is 0 Å². The van der Waals surface area contributed by atoms with Crippen molar-refractivity contribution >= 4 is 45.6 Å². The first-order valence-electron chi connectivity index (χ1n) is 10.9. The van der Waals surface area contributed by atoms with Crippen LogP contribution in [0.2, 0.25) is 0 Å². The number of carbonyl (C=O) groups is 2. The average Bonchev–Trinajstić information content (AvgIpc) is 3.56. The van der Waals surface area contributed by atoms with Crippen molar-refractivity contribution in [2.24, 2.45) is 0 Å². The number of hydrogen-bond acceptors (Lipinski definition) is 5. The number of pyridine rings is 1. The molecule has 0 fully saturated rings. The van der Waals surface area contributed by atoms with Crippen LogP contribution in [0.5, 0.6) is 0 Å². The van der Waals surface area contributed by atoms with Gasteiger partial charge in [0.05, 0.1) is 13.1 Å². The Labute approximate surface area is 206 Å². The zero-order valence-electron chi connectivity index (χ0n) is 18.3. The maximum Gasteiger partial charge on any atom is 0.425 e. The highest BCUT2D eigenvalue weighted by Crippen LogP contribution is 2.36. The second-order valence-corrected chi connectivity index (χ2v) is 10.6. The predicted octanol–water partition coefficient (Wildman–Crippen LogP) is 5.44. The minimum atomic E-state index is -4.38. The van der Waals surface area contributed by atoms with Gasteiger partial charge in [0, 0.05) is 40.0 Å². The Morgan fingerprint density at radius 1 is 1.09 bits per heavy atom. The molecule has 0 atom stereocenters. The maximum atomic E-state index is 13.1. The monoisotopic (exact) mass is 519 g/mol. The summed E-state index contributed by atoms with van der Waals surface area (Å²) in [6.45, 7) is 1.15. The third kappa shape index (κ3) is 4.70. The van der Waals surface area contributed by atoms with Crippen molar-refractivity contribution in [3.63, 3.8) is 0 Å². The standard InChI is InChI=1S/C24H20F3N3O3S2/c25-24(26,27)20-7-4-15(35-20)12-30-18-13-29(11-9-16(18)17-2-1-10-28-22(17)30)21(31)8-5-14-3-6-19(34-14)23(32)33/h1-4,6-7,10H,5,8-9,11-13H2,(H,32,33). The lowest BCUT2D eigenvalue weighted by Crippen LogP contribution is -2.36. The van der Waals surface area contributed by atoms with Crippen LogP contribution in [-0.2, 0) is 36.9 Å². The Kier molecular flexibility index (Phi) is 6.14. The summed E-state index contributed by atoms with van der Waals surface area (Å²) in [5, 5.41) is 10.0.